The van der Waals surface area contributed by atoms with Crippen molar-refractivity contribution in [1.82, 2.24) is 9.47 Å². The summed E-state index contributed by atoms with van der Waals surface area (Å²) < 4.78 is 7.63. The second kappa shape index (κ2) is 11.1. The lowest BCUT2D eigenvalue weighted by atomic mass is 9.87. The maximum absolute atomic E-state index is 13.1. The molecule has 3 aromatic rings. The molecule has 5 nitrogen and oxygen atoms in total. The molecule has 2 heterocycles. The van der Waals surface area contributed by atoms with Gasteiger partial charge >= 0.3 is 5.97 Å². The van der Waals surface area contributed by atoms with Crippen LogP contribution >= 0.6 is 0 Å². The number of benzene rings is 2. The normalized spacial score (nSPS) is 13.6. The third-order valence-electron chi connectivity index (χ3n) is 7.23. The Morgan fingerprint density at radius 1 is 1.00 bits per heavy atom. The van der Waals surface area contributed by atoms with Crippen LogP contribution in [0, 0.1) is 5.41 Å². The van der Waals surface area contributed by atoms with E-state index in [0.29, 0.717) is 32.4 Å². The Hall–Kier alpha value is -3.08. The monoisotopic (exact) mass is 474 g/mol. The Balaban J connectivity index is 1.42. The van der Waals surface area contributed by atoms with Gasteiger partial charge in [-0.1, -0.05) is 48.5 Å². The number of aryl methyl sites for hydroxylation is 2. The minimum absolute atomic E-state index is 0.177. The average Bonchev–Trinajstić information content (AvgIpc) is 3.18. The van der Waals surface area contributed by atoms with Gasteiger partial charge in [0.2, 0.25) is 5.91 Å². The Bertz CT molecular complexity index is 1160. The van der Waals surface area contributed by atoms with Crippen molar-refractivity contribution in [2.75, 3.05) is 13.2 Å². The molecule has 1 aliphatic heterocycles. The molecule has 0 N–H and O–H groups in total. The smallest absolute Gasteiger partial charge is 0.311 e. The van der Waals surface area contributed by atoms with Crippen LogP contribution in [0.5, 0.6) is 0 Å². The second-order valence-electron chi connectivity index (χ2n) is 10.2. The number of hydrogen-bond acceptors (Lipinski definition) is 3. The zero-order valence-corrected chi connectivity index (χ0v) is 21.4. The van der Waals surface area contributed by atoms with Crippen LogP contribution < -0.4 is 0 Å². The van der Waals surface area contributed by atoms with Gasteiger partial charge in [-0.15, -0.1) is 0 Å². The molecule has 1 aliphatic rings. The Kier molecular flexibility index (Phi) is 7.94. The van der Waals surface area contributed by atoms with Gasteiger partial charge in [0, 0.05) is 36.1 Å². The molecule has 1 aromatic heterocycles. The van der Waals surface area contributed by atoms with Crippen molar-refractivity contribution < 1.29 is 14.3 Å². The van der Waals surface area contributed by atoms with Crippen LogP contribution in [0.3, 0.4) is 0 Å². The first-order chi connectivity index (χ1) is 16.9. The number of para-hydroxylation sites is 1. The number of rotatable bonds is 10. The molecule has 0 spiro atoms. The maximum atomic E-state index is 13.1. The lowest BCUT2D eigenvalue weighted by molar-refractivity contribution is -0.154. The fraction of sp³-hybridized carbons (Fsp3) is 0.467. The standard InChI is InChI=1S/C30H38N2O3/c1-4-35-29(34)30(2,3)19-10-17-28(33)31-21-18-25-24-15-8-9-16-26(24)32(27(25)22-31)20-11-14-23-12-6-5-7-13-23/h5-9,12-13,15-16H,4,10-11,14,17-22H2,1-3H3. The van der Waals surface area contributed by atoms with Gasteiger partial charge in [-0.05, 0) is 70.1 Å². The minimum Gasteiger partial charge on any atom is -0.466 e. The molecule has 0 fully saturated rings. The third kappa shape index (κ3) is 5.77. The van der Waals surface area contributed by atoms with E-state index in [1.54, 1.807) is 0 Å². The molecule has 0 aliphatic carbocycles. The van der Waals surface area contributed by atoms with Crippen LogP contribution in [-0.4, -0.2) is 34.5 Å². The zero-order chi connectivity index (χ0) is 24.8. The minimum atomic E-state index is -0.559. The molecule has 0 saturated heterocycles. The Morgan fingerprint density at radius 3 is 2.51 bits per heavy atom. The highest BCUT2D eigenvalue weighted by Crippen LogP contribution is 2.32. The molecule has 1 amide bonds. The van der Waals surface area contributed by atoms with Crippen LogP contribution in [0.4, 0.5) is 0 Å². The molecule has 0 unspecified atom stereocenters. The predicted molar refractivity (Wildman–Crippen MR) is 140 cm³/mol. The van der Waals surface area contributed by atoms with Crippen LogP contribution in [0.1, 0.15) is 63.3 Å². The summed E-state index contributed by atoms with van der Waals surface area (Å²) in [6.45, 7) is 8.37. The van der Waals surface area contributed by atoms with Crippen LogP contribution in [0.2, 0.25) is 0 Å². The van der Waals surface area contributed by atoms with Gasteiger partial charge in [-0.3, -0.25) is 9.59 Å². The number of carbonyl (C=O) groups excluding carboxylic acids is 2. The molecule has 4 rings (SSSR count). The number of carbonyl (C=O) groups is 2. The van der Waals surface area contributed by atoms with Crippen molar-refractivity contribution in [3.8, 4) is 0 Å². The lowest BCUT2D eigenvalue weighted by Crippen LogP contribution is -2.37. The van der Waals surface area contributed by atoms with E-state index in [0.717, 1.165) is 32.4 Å². The van der Waals surface area contributed by atoms with Gasteiger partial charge in [0.1, 0.15) is 0 Å². The van der Waals surface area contributed by atoms with E-state index in [2.05, 4.69) is 59.2 Å². The van der Waals surface area contributed by atoms with E-state index in [-0.39, 0.29) is 11.9 Å². The van der Waals surface area contributed by atoms with Crippen LogP contribution in [-0.2, 0) is 40.3 Å². The highest BCUT2D eigenvalue weighted by molar-refractivity contribution is 5.86. The van der Waals surface area contributed by atoms with Gasteiger partial charge in [0.15, 0.2) is 0 Å². The number of hydrogen-bond donors (Lipinski definition) is 0. The molecule has 35 heavy (non-hydrogen) atoms. The molecule has 186 valence electrons. The number of nitrogens with zero attached hydrogens (tertiary/aromatic N) is 2. The topological polar surface area (TPSA) is 51.5 Å². The van der Waals surface area contributed by atoms with Gasteiger partial charge in [-0.25, -0.2) is 0 Å². The van der Waals surface area contributed by atoms with Crippen molar-refractivity contribution in [2.24, 2.45) is 5.41 Å². The molecular formula is C30H38N2O3. The van der Waals surface area contributed by atoms with E-state index >= 15 is 0 Å². The first-order valence-corrected chi connectivity index (χ1v) is 13.0. The van der Waals surface area contributed by atoms with E-state index in [9.17, 15) is 9.59 Å². The maximum Gasteiger partial charge on any atom is 0.311 e. The number of esters is 1. The molecule has 0 atom stereocenters. The summed E-state index contributed by atoms with van der Waals surface area (Å²) in [5.41, 5.74) is 4.76. The van der Waals surface area contributed by atoms with Crippen LogP contribution in [0.25, 0.3) is 10.9 Å². The quantitative estimate of drug-likeness (QED) is 0.343. The molecule has 0 radical (unpaired) electrons. The molecular weight excluding hydrogens is 436 g/mol. The summed E-state index contributed by atoms with van der Waals surface area (Å²) in [6.07, 6.45) is 4.80. The summed E-state index contributed by atoms with van der Waals surface area (Å²) >= 11 is 0. The van der Waals surface area contributed by atoms with E-state index < -0.39 is 5.41 Å². The number of aromatic nitrogens is 1. The Morgan fingerprint density at radius 2 is 1.74 bits per heavy atom. The van der Waals surface area contributed by atoms with Crippen molar-refractivity contribution in [3.63, 3.8) is 0 Å². The van der Waals surface area contributed by atoms with Gasteiger partial charge in [-0.2, -0.15) is 0 Å². The Labute approximate surface area is 209 Å². The van der Waals surface area contributed by atoms with Crippen molar-refractivity contribution >= 4 is 22.8 Å². The molecule has 5 heteroatoms. The summed E-state index contributed by atoms with van der Waals surface area (Å²) in [4.78, 5) is 27.3. The summed E-state index contributed by atoms with van der Waals surface area (Å²) in [7, 11) is 0. The summed E-state index contributed by atoms with van der Waals surface area (Å²) in [6, 6.07) is 19.3. The van der Waals surface area contributed by atoms with E-state index in [4.69, 9.17) is 4.74 Å². The fourth-order valence-electron chi connectivity index (χ4n) is 5.22. The lowest BCUT2D eigenvalue weighted by Gasteiger charge is -2.29. The third-order valence-corrected chi connectivity index (χ3v) is 7.23. The number of fused-ring (bicyclic) bond motifs is 3. The SMILES string of the molecule is CCOC(=O)C(C)(C)CCCC(=O)N1CCc2c(n(CCCc3ccccc3)c3ccccc23)C1. The molecule has 0 saturated carbocycles. The highest BCUT2D eigenvalue weighted by Gasteiger charge is 2.30. The number of amides is 1. The van der Waals surface area contributed by atoms with Crippen molar-refractivity contribution in [2.45, 2.75) is 72.4 Å². The first-order valence-electron chi connectivity index (χ1n) is 13.0. The first kappa shape index (κ1) is 25.0. The van der Waals surface area contributed by atoms with E-state index in [1.807, 2.05) is 25.7 Å². The van der Waals surface area contributed by atoms with Gasteiger partial charge in [0.05, 0.1) is 18.6 Å². The number of ether oxygens (including phenoxy) is 1. The van der Waals surface area contributed by atoms with Gasteiger partial charge < -0.3 is 14.2 Å². The second-order valence-corrected chi connectivity index (χ2v) is 10.2. The molecule has 2 aromatic carbocycles. The highest BCUT2D eigenvalue weighted by atomic mass is 16.5. The van der Waals surface area contributed by atoms with Gasteiger partial charge in [0.25, 0.3) is 0 Å². The van der Waals surface area contributed by atoms with Crippen molar-refractivity contribution in [1.29, 1.82) is 0 Å². The molecule has 0 bridgehead atoms. The predicted octanol–water partition coefficient (Wildman–Crippen LogP) is 5.92. The summed E-state index contributed by atoms with van der Waals surface area (Å²) in [5.74, 6) is -0.00789. The van der Waals surface area contributed by atoms with E-state index in [1.165, 1.54) is 27.7 Å². The summed E-state index contributed by atoms with van der Waals surface area (Å²) in [5, 5.41) is 1.32. The van der Waals surface area contributed by atoms with Crippen molar-refractivity contribution in [3.05, 3.63) is 71.4 Å². The largest absolute Gasteiger partial charge is 0.466 e. The zero-order valence-electron chi connectivity index (χ0n) is 21.4. The average molecular weight is 475 g/mol. The van der Waals surface area contributed by atoms with Crippen LogP contribution in [0.15, 0.2) is 54.6 Å². The fourth-order valence-corrected chi connectivity index (χ4v) is 5.22.